The Labute approximate surface area is 125 Å². The van der Waals surface area contributed by atoms with Crippen molar-refractivity contribution in [2.45, 2.75) is 19.1 Å². The van der Waals surface area contributed by atoms with Gasteiger partial charge in [0, 0.05) is 5.38 Å². The largest absolute Gasteiger partial charge is 0.481 e. The van der Waals surface area contributed by atoms with Crippen LogP contribution in [0.1, 0.15) is 23.7 Å². The maximum Gasteiger partial charge on any atom is 0.408 e. The average Bonchev–Trinajstić information content (AvgIpc) is 2.99. The summed E-state index contributed by atoms with van der Waals surface area (Å²) in [6, 6.07) is 8.54. The molecule has 2 rings (SSSR count). The van der Waals surface area contributed by atoms with E-state index in [0.29, 0.717) is 5.69 Å². The lowest BCUT2D eigenvalue weighted by Crippen LogP contribution is -2.30. The zero-order valence-electron chi connectivity index (χ0n) is 11.1. The molecule has 0 bridgehead atoms. The van der Waals surface area contributed by atoms with E-state index in [1.807, 2.05) is 30.3 Å². The minimum Gasteiger partial charge on any atom is -0.481 e. The topological polar surface area (TPSA) is 88.5 Å². The van der Waals surface area contributed by atoms with Gasteiger partial charge in [-0.2, -0.15) is 0 Å². The highest BCUT2D eigenvalue weighted by molar-refractivity contribution is 7.07. The van der Waals surface area contributed by atoms with Gasteiger partial charge in [-0.15, -0.1) is 11.3 Å². The molecule has 6 nitrogen and oxygen atoms in total. The van der Waals surface area contributed by atoms with Crippen molar-refractivity contribution in [3.05, 3.63) is 52.5 Å². The number of nitrogens with zero attached hydrogens (tertiary/aromatic N) is 1. The Hall–Kier alpha value is -2.41. The zero-order valence-corrected chi connectivity index (χ0v) is 11.9. The molecule has 1 amide bonds. The molecule has 21 heavy (non-hydrogen) atoms. The average molecular weight is 306 g/mol. The molecule has 0 aliphatic rings. The van der Waals surface area contributed by atoms with Crippen molar-refractivity contribution in [3.8, 4) is 0 Å². The highest BCUT2D eigenvalue weighted by Gasteiger charge is 2.20. The number of rotatable bonds is 6. The van der Waals surface area contributed by atoms with Crippen molar-refractivity contribution in [2.24, 2.45) is 0 Å². The standard InChI is InChI=1S/C14H14N2O4S/c17-13(18)6-11(12-8-21-9-15-12)16-14(19)20-7-10-4-2-1-3-5-10/h1-5,8-9,11H,6-7H2,(H,16,19)(H,17,18)/t11-/m1/s1. The molecule has 110 valence electrons. The number of carbonyl (C=O) groups excluding carboxylic acids is 1. The van der Waals surface area contributed by atoms with E-state index in [-0.39, 0.29) is 13.0 Å². The second-order valence-electron chi connectivity index (χ2n) is 4.27. The normalized spacial score (nSPS) is 11.6. The van der Waals surface area contributed by atoms with E-state index < -0.39 is 18.1 Å². The lowest BCUT2D eigenvalue weighted by molar-refractivity contribution is -0.137. The molecule has 0 fully saturated rings. The zero-order chi connectivity index (χ0) is 15.1. The van der Waals surface area contributed by atoms with Gasteiger partial charge in [0.2, 0.25) is 0 Å². The Balaban J connectivity index is 1.90. The van der Waals surface area contributed by atoms with Crippen molar-refractivity contribution in [2.75, 3.05) is 0 Å². The fourth-order valence-corrected chi connectivity index (χ4v) is 2.31. The molecule has 0 radical (unpaired) electrons. The number of hydrogen-bond acceptors (Lipinski definition) is 5. The molecule has 0 unspecified atom stereocenters. The number of carboxylic acids is 1. The summed E-state index contributed by atoms with van der Waals surface area (Å²) in [5.74, 6) is -1.02. The molecular weight excluding hydrogens is 292 g/mol. The Morgan fingerprint density at radius 1 is 1.33 bits per heavy atom. The third-order valence-electron chi connectivity index (χ3n) is 2.69. The number of carbonyl (C=O) groups is 2. The number of aromatic nitrogens is 1. The fourth-order valence-electron chi connectivity index (χ4n) is 1.71. The molecule has 0 aliphatic carbocycles. The predicted octanol–water partition coefficient (Wildman–Crippen LogP) is 2.59. The van der Waals surface area contributed by atoms with Crippen LogP contribution in [0, 0.1) is 0 Å². The Morgan fingerprint density at radius 2 is 2.10 bits per heavy atom. The molecule has 0 saturated heterocycles. The summed E-state index contributed by atoms with van der Waals surface area (Å²) in [5, 5.41) is 13.1. The van der Waals surface area contributed by atoms with Crippen molar-refractivity contribution < 1.29 is 19.4 Å². The molecule has 1 atom stereocenters. The van der Waals surface area contributed by atoms with E-state index in [4.69, 9.17) is 9.84 Å². The first-order valence-electron chi connectivity index (χ1n) is 6.22. The lowest BCUT2D eigenvalue weighted by atomic mass is 10.1. The smallest absolute Gasteiger partial charge is 0.408 e. The summed E-state index contributed by atoms with van der Waals surface area (Å²) in [4.78, 5) is 26.6. The quantitative estimate of drug-likeness (QED) is 0.856. The molecule has 7 heteroatoms. The molecule has 1 heterocycles. The van der Waals surface area contributed by atoms with Gasteiger partial charge in [-0.3, -0.25) is 4.79 Å². The lowest BCUT2D eigenvalue weighted by Gasteiger charge is -2.14. The molecule has 0 saturated carbocycles. The van der Waals surface area contributed by atoms with Crippen LogP contribution in [0.4, 0.5) is 4.79 Å². The second-order valence-corrected chi connectivity index (χ2v) is 4.99. The van der Waals surface area contributed by atoms with Gasteiger partial charge in [0.1, 0.15) is 6.61 Å². The van der Waals surface area contributed by atoms with E-state index in [1.165, 1.54) is 11.3 Å². The van der Waals surface area contributed by atoms with E-state index >= 15 is 0 Å². The van der Waals surface area contributed by atoms with Crippen LogP contribution in [-0.2, 0) is 16.1 Å². The van der Waals surface area contributed by atoms with Gasteiger partial charge in [0.05, 0.1) is 23.7 Å². The number of hydrogen-bond donors (Lipinski definition) is 2. The summed E-state index contributed by atoms with van der Waals surface area (Å²) >= 11 is 1.34. The van der Waals surface area contributed by atoms with E-state index in [0.717, 1.165) is 5.56 Å². The van der Waals surface area contributed by atoms with E-state index in [9.17, 15) is 9.59 Å². The van der Waals surface area contributed by atoms with Gasteiger partial charge in [0.25, 0.3) is 0 Å². The first-order chi connectivity index (χ1) is 10.1. The van der Waals surface area contributed by atoms with Crippen LogP contribution in [0.2, 0.25) is 0 Å². The summed E-state index contributed by atoms with van der Waals surface area (Å²) < 4.78 is 5.07. The van der Waals surface area contributed by atoms with Crippen LogP contribution >= 0.6 is 11.3 Å². The summed E-state index contributed by atoms with van der Waals surface area (Å²) in [6.07, 6.45) is -0.914. The van der Waals surface area contributed by atoms with E-state index in [2.05, 4.69) is 10.3 Å². The molecule has 2 aromatic rings. The van der Waals surface area contributed by atoms with Crippen LogP contribution in [0.5, 0.6) is 0 Å². The molecule has 1 aromatic heterocycles. The van der Waals surface area contributed by atoms with Gasteiger partial charge in [-0.05, 0) is 5.56 Å². The molecular formula is C14H14N2O4S. The molecule has 1 aromatic carbocycles. The van der Waals surface area contributed by atoms with Crippen molar-refractivity contribution in [1.29, 1.82) is 0 Å². The summed E-state index contributed by atoms with van der Waals surface area (Å²) in [5.41, 5.74) is 2.96. The number of ether oxygens (including phenoxy) is 1. The van der Waals surface area contributed by atoms with Gasteiger partial charge < -0.3 is 15.2 Å². The molecule has 0 aliphatic heterocycles. The van der Waals surface area contributed by atoms with Gasteiger partial charge >= 0.3 is 12.1 Å². The third-order valence-corrected chi connectivity index (χ3v) is 3.30. The highest BCUT2D eigenvalue weighted by Crippen LogP contribution is 2.17. The van der Waals surface area contributed by atoms with Crippen LogP contribution in [-0.4, -0.2) is 22.2 Å². The van der Waals surface area contributed by atoms with Crippen molar-refractivity contribution >= 4 is 23.4 Å². The van der Waals surface area contributed by atoms with Gasteiger partial charge in [-0.1, -0.05) is 30.3 Å². The maximum atomic E-state index is 11.8. The maximum absolute atomic E-state index is 11.8. The number of nitrogens with one attached hydrogen (secondary N) is 1. The minimum absolute atomic E-state index is 0.129. The number of thiazole rings is 1. The first-order valence-corrected chi connectivity index (χ1v) is 7.16. The van der Waals surface area contributed by atoms with Crippen molar-refractivity contribution in [1.82, 2.24) is 10.3 Å². The Kier molecular flexibility index (Phi) is 5.28. The van der Waals surface area contributed by atoms with Crippen LogP contribution in [0.25, 0.3) is 0 Å². The SMILES string of the molecule is O=C(O)C[C@@H](NC(=O)OCc1ccccc1)c1cscn1. The number of aliphatic carboxylic acids is 1. The monoisotopic (exact) mass is 306 g/mol. The van der Waals surface area contributed by atoms with Crippen LogP contribution < -0.4 is 5.32 Å². The fraction of sp³-hybridized carbons (Fsp3) is 0.214. The first kappa shape index (κ1) is 15.0. The molecule has 0 spiro atoms. The summed E-state index contributed by atoms with van der Waals surface area (Å²) in [7, 11) is 0. The molecule has 2 N–H and O–H groups in total. The van der Waals surface area contributed by atoms with Crippen molar-refractivity contribution in [3.63, 3.8) is 0 Å². The number of benzene rings is 1. The Morgan fingerprint density at radius 3 is 2.71 bits per heavy atom. The van der Waals surface area contributed by atoms with E-state index in [1.54, 1.807) is 10.9 Å². The van der Waals surface area contributed by atoms with Crippen LogP contribution in [0.3, 0.4) is 0 Å². The minimum atomic E-state index is -1.02. The number of alkyl carbamates (subject to hydrolysis) is 1. The van der Waals surface area contributed by atoms with Crippen LogP contribution in [0.15, 0.2) is 41.2 Å². The van der Waals surface area contributed by atoms with Gasteiger partial charge in [0.15, 0.2) is 0 Å². The Bertz CT molecular complexity index is 586. The number of carboxylic acid groups (broad SMARTS) is 1. The highest BCUT2D eigenvalue weighted by atomic mass is 32.1. The number of amides is 1. The second kappa shape index (κ2) is 7.39. The van der Waals surface area contributed by atoms with Gasteiger partial charge in [-0.25, -0.2) is 9.78 Å². The predicted molar refractivity (Wildman–Crippen MR) is 76.9 cm³/mol. The summed E-state index contributed by atoms with van der Waals surface area (Å²) in [6.45, 7) is 0.129. The third kappa shape index (κ3) is 4.88.